The van der Waals surface area contributed by atoms with E-state index >= 15 is 0 Å². The molecule has 6 amide bonds. The van der Waals surface area contributed by atoms with Crippen molar-refractivity contribution in [2.75, 3.05) is 56.7 Å². The minimum atomic E-state index is -1.13. The molecule has 8 N–H and O–H groups in total. The number of carbonyl (C=O) groups excluding carboxylic acids is 6. The molecule has 0 unspecified atom stereocenters. The third kappa shape index (κ3) is 11.7. The maximum atomic E-state index is 14.1. The van der Waals surface area contributed by atoms with Gasteiger partial charge in [0.15, 0.2) is 0 Å². The average molecular weight is 757 g/mol. The van der Waals surface area contributed by atoms with Crippen molar-refractivity contribution in [3.05, 3.63) is 0 Å². The molecular formula is C33H56N8O8S2. The van der Waals surface area contributed by atoms with Gasteiger partial charge >= 0.3 is 5.97 Å². The number of amides is 6. The third-order valence-corrected chi connectivity index (χ3v) is 11.0. The Labute approximate surface area is 308 Å². The molecule has 0 bridgehead atoms. The number of carboxylic acids is 1. The smallest absolute Gasteiger partial charge is 0.326 e. The molecule has 0 spiro atoms. The Morgan fingerprint density at radius 2 is 1.14 bits per heavy atom. The van der Waals surface area contributed by atoms with Gasteiger partial charge < -0.3 is 47.2 Å². The van der Waals surface area contributed by atoms with Crippen LogP contribution < -0.4 is 27.4 Å². The van der Waals surface area contributed by atoms with Crippen molar-refractivity contribution in [2.24, 2.45) is 11.5 Å². The van der Waals surface area contributed by atoms with Crippen LogP contribution in [0.4, 0.5) is 0 Å². The summed E-state index contributed by atoms with van der Waals surface area (Å²) in [6, 6.07) is -5.36. The van der Waals surface area contributed by atoms with Crippen LogP contribution in [0.2, 0.25) is 0 Å². The molecule has 0 aromatic heterocycles. The van der Waals surface area contributed by atoms with Crippen LogP contribution in [-0.2, 0) is 33.6 Å². The number of nitrogens with zero attached hydrogens (tertiary/aromatic N) is 3. The largest absolute Gasteiger partial charge is 0.480 e. The molecule has 6 atom stereocenters. The van der Waals surface area contributed by atoms with E-state index < -0.39 is 65.8 Å². The van der Waals surface area contributed by atoms with Crippen LogP contribution in [0, 0.1) is 0 Å². The number of aliphatic carboxylic acids is 1. The van der Waals surface area contributed by atoms with Crippen LogP contribution in [0.5, 0.6) is 0 Å². The molecule has 0 radical (unpaired) electrons. The highest BCUT2D eigenvalue weighted by molar-refractivity contribution is 7.98. The second-order valence-corrected chi connectivity index (χ2v) is 15.2. The second kappa shape index (κ2) is 21.4. The average Bonchev–Trinajstić information content (AvgIpc) is 3.91. The van der Waals surface area contributed by atoms with Gasteiger partial charge in [-0.1, -0.05) is 0 Å². The fourth-order valence-electron chi connectivity index (χ4n) is 7.01. The molecule has 51 heavy (non-hydrogen) atoms. The Bertz CT molecular complexity index is 1250. The first kappa shape index (κ1) is 42.3. The summed E-state index contributed by atoms with van der Waals surface area (Å²) in [6.45, 7) is 1.11. The molecule has 0 saturated carbocycles. The van der Waals surface area contributed by atoms with Gasteiger partial charge in [-0.25, -0.2) is 4.79 Å². The lowest BCUT2D eigenvalue weighted by Gasteiger charge is -2.34. The first-order chi connectivity index (χ1) is 24.5. The fraction of sp³-hybridized carbons (Fsp3) is 0.788. The van der Waals surface area contributed by atoms with Gasteiger partial charge in [0.2, 0.25) is 35.4 Å². The predicted molar refractivity (Wildman–Crippen MR) is 196 cm³/mol. The van der Waals surface area contributed by atoms with Crippen LogP contribution >= 0.6 is 23.5 Å². The number of hydrogen-bond acceptors (Lipinski definition) is 11. The highest BCUT2D eigenvalue weighted by atomic mass is 32.2. The number of carbonyl (C=O) groups is 7. The number of unbranched alkanes of at least 4 members (excludes halogenated alkanes) is 1. The highest BCUT2D eigenvalue weighted by Crippen LogP contribution is 2.27. The van der Waals surface area contributed by atoms with Crippen molar-refractivity contribution in [1.29, 1.82) is 0 Å². The van der Waals surface area contributed by atoms with E-state index in [1.54, 1.807) is 0 Å². The predicted octanol–water partition coefficient (Wildman–Crippen LogP) is -0.908. The Morgan fingerprint density at radius 3 is 1.67 bits per heavy atom. The van der Waals surface area contributed by atoms with Crippen molar-refractivity contribution >= 4 is 64.9 Å². The van der Waals surface area contributed by atoms with E-state index in [2.05, 4.69) is 16.0 Å². The summed E-state index contributed by atoms with van der Waals surface area (Å²) >= 11 is 2.98. The summed E-state index contributed by atoms with van der Waals surface area (Å²) in [5, 5.41) is 17.8. The standard InChI is InChI=1S/C33H56N8O8S2/c1-50-18-12-22(37-28(43)24-9-5-15-39(24)30(45)21(8-3-4-14-34)36-27(42)20-35)31(46)41-17-7-11-26(41)32(47)40-16-6-10-25(40)29(44)38-23(33(48)49)13-19-51-2/h21-26H,3-20,34-35H2,1-2H3,(H,36,42)(H,37,43)(H,38,44)(H,48,49)/t21-,22-,23-,24-,25-,26-/m0/s1. The zero-order chi connectivity index (χ0) is 37.5. The van der Waals surface area contributed by atoms with Gasteiger partial charge in [0.05, 0.1) is 6.54 Å². The molecule has 0 aliphatic carbocycles. The number of thioether (sulfide) groups is 2. The number of nitrogens with one attached hydrogen (secondary N) is 3. The van der Waals surface area contributed by atoms with Gasteiger partial charge in [-0.05, 0) is 101 Å². The first-order valence-electron chi connectivity index (χ1n) is 17.9. The maximum absolute atomic E-state index is 14.1. The lowest BCUT2D eigenvalue weighted by atomic mass is 10.1. The van der Waals surface area contributed by atoms with E-state index in [9.17, 15) is 38.7 Å². The van der Waals surface area contributed by atoms with Crippen molar-refractivity contribution in [3.63, 3.8) is 0 Å². The highest BCUT2D eigenvalue weighted by Gasteiger charge is 2.45. The van der Waals surface area contributed by atoms with E-state index in [0.717, 1.165) is 0 Å². The van der Waals surface area contributed by atoms with Gasteiger partial charge in [-0.3, -0.25) is 28.8 Å². The van der Waals surface area contributed by atoms with Crippen LogP contribution in [0.3, 0.4) is 0 Å². The molecule has 0 aromatic carbocycles. The van der Waals surface area contributed by atoms with Crippen molar-refractivity contribution < 1.29 is 38.7 Å². The summed E-state index contributed by atoms with van der Waals surface area (Å²) in [5.41, 5.74) is 11.1. The molecular weight excluding hydrogens is 701 g/mol. The van der Waals surface area contributed by atoms with E-state index in [1.807, 2.05) is 12.5 Å². The molecule has 3 saturated heterocycles. The van der Waals surface area contributed by atoms with Crippen molar-refractivity contribution in [1.82, 2.24) is 30.7 Å². The monoisotopic (exact) mass is 756 g/mol. The van der Waals surface area contributed by atoms with Crippen LogP contribution in [0.1, 0.15) is 70.6 Å². The van der Waals surface area contributed by atoms with Crippen molar-refractivity contribution in [2.45, 2.75) is 107 Å². The topological polar surface area (TPSA) is 238 Å². The molecule has 3 fully saturated rings. The van der Waals surface area contributed by atoms with Crippen LogP contribution in [0.25, 0.3) is 0 Å². The molecule has 3 heterocycles. The minimum absolute atomic E-state index is 0.254. The van der Waals surface area contributed by atoms with E-state index in [1.165, 1.54) is 38.2 Å². The van der Waals surface area contributed by atoms with Crippen molar-refractivity contribution in [3.8, 4) is 0 Å². The number of hydrogen-bond donors (Lipinski definition) is 6. The lowest BCUT2D eigenvalue weighted by molar-refractivity contribution is -0.149. The second-order valence-electron chi connectivity index (χ2n) is 13.2. The van der Waals surface area contributed by atoms with Gasteiger partial charge in [0, 0.05) is 19.6 Å². The van der Waals surface area contributed by atoms with E-state index in [4.69, 9.17) is 11.5 Å². The number of nitrogens with two attached hydrogens (primary N) is 2. The Morgan fingerprint density at radius 1 is 0.667 bits per heavy atom. The molecule has 3 rings (SSSR count). The third-order valence-electron chi connectivity index (χ3n) is 9.71. The number of carboxylic acid groups (broad SMARTS) is 1. The summed E-state index contributed by atoms with van der Waals surface area (Å²) in [5.74, 6) is -2.64. The van der Waals surface area contributed by atoms with Crippen LogP contribution in [-0.4, -0.2) is 154 Å². The Kier molecular flexibility index (Phi) is 17.8. The zero-order valence-electron chi connectivity index (χ0n) is 29.8. The molecule has 3 aliphatic heterocycles. The normalized spacial score (nSPS) is 22.0. The summed E-state index contributed by atoms with van der Waals surface area (Å²) in [6.07, 6.45) is 8.81. The SMILES string of the molecule is CSCC[C@H](NC(=O)[C@@H]1CCCN1C(=O)[C@@H]1CCCN1C(=O)[C@H](CCSC)NC(=O)[C@@H]1CCCN1C(=O)[C@H](CCCCN)NC(=O)CN)C(=O)O. The van der Waals surface area contributed by atoms with Gasteiger partial charge in [0.25, 0.3) is 0 Å². The zero-order valence-corrected chi connectivity index (χ0v) is 31.4. The maximum Gasteiger partial charge on any atom is 0.326 e. The number of rotatable bonds is 20. The minimum Gasteiger partial charge on any atom is -0.480 e. The van der Waals surface area contributed by atoms with Crippen LogP contribution in [0.15, 0.2) is 0 Å². The lowest BCUT2D eigenvalue weighted by Crippen LogP contribution is -2.59. The fourth-order valence-corrected chi connectivity index (χ4v) is 7.95. The molecule has 288 valence electrons. The molecule has 3 aliphatic rings. The van der Waals surface area contributed by atoms with Gasteiger partial charge in [-0.2, -0.15) is 23.5 Å². The number of likely N-dealkylation sites (tertiary alicyclic amines) is 3. The molecule has 16 nitrogen and oxygen atoms in total. The molecule has 0 aromatic rings. The van der Waals surface area contributed by atoms with E-state index in [-0.39, 0.29) is 24.8 Å². The quantitative estimate of drug-likeness (QED) is 0.0829. The summed E-state index contributed by atoms with van der Waals surface area (Å²) in [4.78, 5) is 97.0. The van der Waals surface area contributed by atoms with Gasteiger partial charge in [-0.15, -0.1) is 0 Å². The summed E-state index contributed by atoms with van der Waals surface area (Å²) in [7, 11) is 0. The van der Waals surface area contributed by atoms with Gasteiger partial charge in [0.1, 0.15) is 36.3 Å². The Balaban J connectivity index is 1.73. The van der Waals surface area contributed by atoms with E-state index in [0.29, 0.717) is 102 Å². The first-order valence-corrected chi connectivity index (χ1v) is 20.7. The summed E-state index contributed by atoms with van der Waals surface area (Å²) < 4.78 is 0. The Hall–Kier alpha value is -3.09. The molecule has 18 heteroatoms.